The molecule has 0 radical (unpaired) electrons. The van der Waals surface area contributed by atoms with Crippen LogP contribution in [-0.2, 0) is 13.0 Å². The number of benzene rings is 2. The SMILES string of the molecule is Cc1ccc(NC(=O)N2CCC(CNc3nccc(-c4cn5c6c(cccc46)CCC5)n3)CC2)cc1. The molecule has 0 bridgehead atoms. The molecule has 0 aliphatic carbocycles. The predicted molar refractivity (Wildman–Crippen MR) is 144 cm³/mol. The number of nitrogens with zero attached hydrogens (tertiary/aromatic N) is 4. The molecule has 184 valence electrons. The Morgan fingerprint density at radius 2 is 1.89 bits per heavy atom. The average Bonchev–Trinajstić information content (AvgIpc) is 3.30. The number of hydrogen-bond acceptors (Lipinski definition) is 4. The number of anilines is 2. The van der Waals surface area contributed by atoms with Gasteiger partial charge >= 0.3 is 6.03 Å². The van der Waals surface area contributed by atoms with Crippen LogP contribution in [0.4, 0.5) is 16.4 Å². The zero-order valence-corrected chi connectivity index (χ0v) is 20.7. The van der Waals surface area contributed by atoms with Crippen molar-refractivity contribution in [3.63, 3.8) is 0 Å². The first-order chi connectivity index (χ1) is 17.6. The number of nitrogens with one attached hydrogen (secondary N) is 2. The third-order valence-electron chi connectivity index (χ3n) is 7.51. The molecular formula is C29H32N6O. The quantitative estimate of drug-likeness (QED) is 0.384. The number of urea groups is 1. The zero-order chi connectivity index (χ0) is 24.5. The van der Waals surface area contributed by atoms with Gasteiger partial charge in [0, 0.05) is 55.2 Å². The molecule has 2 aliphatic rings. The number of para-hydroxylation sites is 1. The molecule has 0 spiro atoms. The molecule has 0 saturated carbocycles. The molecule has 4 heterocycles. The van der Waals surface area contributed by atoms with Gasteiger partial charge in [0.05, 0.1) is 11.2 Å². The first-order valence-corrected chi connectivity index (χ1v) is 12.9. The van der Waals surface area contributed by atoms with Crippen molar-refractivity contribution in [2.75, 3.05) is 30.3 Å². The lowest BCUT2D eigenvalue weighted by Crippen LogP contribution is -2.42. The number of carbonyl (C=O) groups excluding carboxylic acids is 1. The molecule has 0 unspecified atom stereocenters. The number of carbonyl (C=O) groups is 1. The summed E-state index contributed by atoms with van der Waals surface area (Å²) in [5, 5.41) is 7.74. The molecule has 1 saturated heterocycles. The van der Waals surface area contributed by atoms with E-state index in [1.165, 1.54) is 34.0 Å². The molecule has 7 nitrogen and oxygen atoms in total. The van der Waals surface area contributed by atoms with Crippen molar-refractivity contribution in [3.8, 4) is 11.3 Å². The fourth-order valence-corrected chi connectivity index (χ4v) is 5.47. The Kier molecular flexibility index (Phi) is 6.05. The van der Waals surface area contributed by atoms with E-state index in [1.54, 1.807) is 0 Å². The van der Waals surface area contributed by atoms with Gasteiger partial charge in [0.2, 0.25) is 5.95 Å². The van der Waals surface area contributed by atoms with Crippen LogP contribution in [0.5, 0.6) is 0 Å². The second kappa shape index (κ2) is 9.64. The van der Waals surface area contributed by atoms with Gasteiger partial charge < -0.3 is 20.1 Å². The minimum absolute atomic E-state index is 0.0208. The largest absolute Gasteiger partial charge is 0.354 e. The highest BCUT2D eigenvalue weighted by Gasteiger charge is 2.23. The summed E-state index contributed by atoms with van der Waals surface area (Å²) in [5.41, 5.74) is 6.93. The van der Waals surface area contributed by atoms with Crippen molar-refractivity contribution in [3.05, 3.63) is 72.1 Å². The topological polar surface area (TPSA) is 75.1 Å². The summed E-state index contributed by atoms with van der Waals surface area (Å²) >= 11 is 0. The third kappa shape index (κ3) is 4.53. The number of piperidine rings is 1. The van der Waals surface area contributed by atoms with Crippen molar-refractivity contribution in [2.45, 2.75) is 39.2 Å². The molecular weight excluding hydrogens is 448 g/mol. The lowest BCUT2D eigenvalue weighted by molar-refractivity contribution is 0.185. The van der Waals surface area contributed by atoms with Crippen LogP contribution in [0.25, 0.3) is 22.2 Å². The summed E-state index contributed by atoms with van der Waals surface area (Å²) < 4.78 is 2.38. The van der Waals surface area contributed by atoms with E-state index in [4.69, 9.17) is 4.98 Å². The second-order valence-corrected chi connectivity index (χ2v) is 10.0. The average molecular weight is 481 g/mol. The van der Waals surface area contributed by atoms with Gasteiger partial charge in [0.15, 0.2) is 0 Å². The van der Waals surface area contributed by atoms with E-state index >= 15 is 0 Å². The second-order valence-electron chi connectivity index (χ2n) is 10.0. The fraction of sp³-hybridized carbons (Fsp3) is 0.345. The molecule has 2 aromatic carbocycles. The van der Waals surface area contributed by atoms with Gasteiger partial charge in [-0.05, 0) is 62.3 Å². The number of hydrogen-bond donors (Lipinski definition) is 2. The highest BCUT2D eigenvalue weighted by atomic mass is 16.2. The lowest BCUT2D eigenvalue weighted by Gasteiger charge is -2.32. The van der Waals surface area contributed by atoms with Crippen LogP contribution in [-0.4, -0.2) is 45.1 Å². The minimum Gasteiger partial charge on any atom is -0.354 e. The first-order valence-electron chi connectivity index (χ1n) is 12.9. The van der Waals surface area contributed by atoms with Crippen molar-refractivity contribution in [1.82, 2.24) is 19.4 Å². The smallest absolute Gasteiger partial charge is 0.321 e. The molecule has 4 aromatic rings. The summed E-state index contributed by atoms with van der Waals surface area (Å²) in [6, 6.07) is 16.5. The first kappa shape index (κ1) is 22.6. The van der Waals surface area contributed by atoms with Gasteiger partial charge in [-0.1, -0.05) is 35.9 Å². The summed E-state index contributed by atoms with van der Waals surface area (Å²) in [6.07, 6.45) is 8.34. The molecule has 36 heavy (non-hydrogen) atoms. The monoisotopic (exact) mass is 480 g/mol. The van der Waals surface area contributed by atoms with Gasteiger partial charge in [-0.3, -0.25) is 0 Å². The Morgan fingerprint density at radius 1 is 1.06 bits per heavy atom. The molecule has 2 aliphatic heterocycles. The normalized spacial score (nSPS) is 15.8. The Labute approximate surface area is 211 Å². The van der Waals surface area contributed by atoms with Crippen molar-refractivity contribution in [1.29, 1.82) is 0 Å². The van der Waals surface area contributed by atoms with Crippen LogP contribution in [0, 0.1) is 12.8 Å². The summed E-state index contributed by atoms with van der Waals surface area (Å²) in [5.74, 6) is 1.15. The Hall–Kier alpha value is -3.87. The van der Waals surface area contributed by atoms with Crippen molar-refractivity contribution < 1.29 is 4.79 Å². The van der Waals surface area contributed by atoms with E-state index in [1.807, 2.05) is 48.4 Å². The Bertz CT molecular complexity index is 1380. The maximum absolute atomic E-state index is 12.6. The van der Waals surface area contributed by atoms with E-state index in [-0.39, 0.29) is 6.03 Å². The van der Waals surface area contributed by atoms with Crippen molar-refractivity contribution >= 4 is 28.6 Å². The van der Waals surface area contributed by atoms with Crippen LogP contribution in [0.2, 0.25) is 0 Å². The van der Waals surface area contributed by atoms with E-state index in [9.17, 15) is 4.79 Å². The standard InChI is InChI=1S/C29H32N6O/c1-20-7-9-23(10-8-20)32-29(36)34-16-12-21(13-17-34)18-31-28-30-14-11-26(33-28)25-19-35-15-3-5-22-4-2-6-24(25)27(22)35/h2,4,6-11,14,19,21H,3,5,12-13,15-18H2,1H3,(H,32,36)(H,30,31,33). The van der Waals surface area contributed by atoms with Crippen LogP contribution in [0.1, 0.15) is 30.4 Å². The van der Waals surface area contributed by atoms with E-state index in [0.717, 1.165) is 56.8 Å². The molecule has 7 heteroatoms. The molecule has 2 amide bonds. The highest BCUT2D eigenvalue weighted by Crippen LogP contribution is 2.34. The van der Waals surface area contributed by atoms with E-state index in [0.29, 0.717) is 11.9 Å². The van der Waals surface area contributed by atoms with Gasteiger partial charge in [-0.25, -0.2) is 14.8 Å². The number of likely N-dealkylation sites (tertiary alicyclic amines) is 1. The maximum atomic E-state index is 12.6. The summed E-state index contributed by atoms with van der Waals surface area (Å²) in [7, 11) is 0. The molecule has 2 N–H and O–H groups in total. The number of aromatic nitrogens is 3. The van der Waals surface area contributed by atoms with Gasteiger partial charge in [0.1, 0.15) is 0 Å². The van der Waals surface area contributed by atoms with Gasteiger partial charge in [-0.2, -0.15) is 0 Å². The molecule has 1 fully saturated rings. The van der Waals surface area contributed by atoms with Gasteiger partial charge in [0.25, 0.3) is 0 Å². The zero-order valence-electron chi connectivity index (χ0n) is 20.7. The van der Waals surface area contributed by atoms with Crippen LogP contribution in [0.3, 0.4) is 0 Å². The van der Waals surface area contributed by atoms with Crippen LogP contribution >= 0.6 is 0 Å². The van der Waals surface area contributed by atoms with Crippen LogP contribution < -0.4 is 10.6 Å². The molecule has 6 rings (SSSR count). The number of aryl methyl sites for hydroxylation is 3. The van der Waals surface area contributed by atoms with Crippen molar-refractivity contribution in [2.24, 2.45) is 5.92 Å². The van der Waals surface area contributed by atoms with E-state index < -0.39 is 0 Å². The minimum atomic E-state index is -0.0208. The number of amides is 2. The molecule has 0 atom stereocenters. The van der Waals surface area contributed by atoms with Crippen LogP contribution in [0.15, 0.2) is 60.9 Å². The highest BCUT2D eigenvalue weighted by molar-refractivity contribution is 5.97. The molecule has 2 aromatic heterocycles. The summed E-state index contributed by atoms with van der Waals surface area (Å²) in [4.78, 5) is 23.9. The lowest BCUT2D eigenvalue weighted by atomic mass is 9.97. The Balaban J connectivity index is 1.06. The van der Waals surface area contributed by atoms with Gasteiger partial charge in [-0.15, -0.1) is 0 Å². The van der Waals surface area contributed by atoms with E-state index in [2.05, 4.69) is 44.6 Å². The number of rotatable bonds is 5. The fourth-order valence-electron chi connectivity index (χ4n) is 5.47. The predicted octanol–water partition coefficient (Wildman–Crippen LogP) is 5.71. The Morgan fingerprint density at radius 3 is 2.72 bits per heavy atom. The maximum Gasteiger partial charge on any atom is 0.321 e. The summed E-state index contributed by atoms with van der Waals surface area (Å²) in [6.45, 7) is 5.42. The third-order valence-corrected chi connectivity index (χ3v) is 7.51.